The van der Waals surface area contributed by atoms with Crippen molar-refractivity contribution in [1.82, 2.24) is 5.32 Å². The van der Waals surface area contributed by atoms with Crippen molar-refractivity contribution >= 4 is 5.78 Å². The van der Waals surface area contributed by atoms with Crippen LogP contribution in [0.15, 0.2) is 60.7 Å². The van der Waals surface area contributed by atoms with Gasteiger partial charge < -0.3 is 5.32 Å². The molecule has 1 heterocycles. The summed E-state index contributed by atoms with van der Waals surface area (Å²) in [5, 5.41) is 3.88. The van der Waals surface area contributed by atoms with E-state index in [0.717, 1.165) is 19.3 Å². The standard InChI is InChI=1S/C22H25NO/c1-21-14-9-15-22(2,20(21)24)19(17-12-7-4-8-13-17)23-18(21)16-10-5-3-6-11-16/h3-8,10-13,18-19,23H,9,14-15H2,1-2H3/t18-,19+,21?,22?. The Labute approximate surface area is 144 Å². The first kappa shape index (κ1) is 15.6. The lowest BCUT2D eigenvalue weighted by molar-refractivity contribution is -0.153. The Kier molecular flexibility index (Phi) is 3.61. The van der Waals surface area contributed by atoms with Crippen LogP contribution in [-0.2, 0) is 4.79 Å². The smallest absolute Gasteiger partial charge is 0.148 e. The maximum absolute atomic E-state index is 13.6. The monoisotopic (exact) mass is 319 g/mol. The second-order valence-electron chi connectivity index (χ2n) is 7.87. The fraction of sp³-hybridized carbons (Fsp3) is 0.409. The Hall–Kier alpha value is -1.93. The largest absolute Gasteiger partial charge is 0.301 e. The first-order valence-corrected chi connectivity index (χ1v) is 8.96. The first-order valence-electron chi connectivity index (χ1n) is 8.96. The number of carbonyl (C=O) groups is 1. The predicted molar refractivity (Wildman–Crippen MR) is 96.6 cm³/mol. The maximum Gasteiger partial charge on any atom is 0.148 e. The van der Waals surface area contributed by atoms with Gasteiger partial charge in [-0.15, -0.1) is 0 Å². The van der Waals surface area contributed by atoms with Crippen LogP contribution in [0.2, 0.25) is 0 Å². The van der Waals surface area contributed by atoms with Gasteiger partial charge in [-0.1, -0.05) is 80.9 Å². The second kappa shape index (κ2) is 5.56. The molecule has 4 atom stereocenters. The Morgan fingerprint density at radius 1 is 0.792 bits per heavy atom. The molecule has 4 rings (SSSR count). The van der Waals surface area contributed by atoms with Crippen molar-refractivity contribution in [1.29, 1.82) is 0 Å². The highest BCUT2D eigenvalue weighted by atomic mass is 16.1. The molecular weight excluding hydrogens is 294 g/mol. The van der Waals surface area contributed by atoms with Gasteiger partial charge in [0.25, 0.3) is 0 Å². The highest BCUT2D eigenvalue weighted by Gasteiger charge is 2.59. The lowest BCUT2D eigenvalue weighted by Crippen LogP contribution is -2.61. The Morgan fingerprint density at radius 3 is 1.62 bits per heavy atom. The van der Waals surface area contributed by atoms with E-state index in [1.807, 2.05) is 12.1 Å². The minimum Gasteiger partial charge on any atom is -0.301 e. The fourth-order valence-electron chi connectivity index (χ4n) is 5.01. The summed E-state index contributed by atoms with van der Waals surface area (Å²) in [5.41, 5.74) is 1.80. The number of fused-ring (bicyclic) bond motifs is 2. The second-order valence-corrected chi connectivity index (χ2v) is 7.87. The fourth-order valence-corrected chi connectivity index (χ4v) is 5.01. The number of hydrogen-bond donors (Lipinski definition) is 1. The molecule has 2 aromatic rings. The van der Waals surface area contributed by atoms with Crippen LogP contribution in [0.3, 0.4) is 0 Å². The quantitative estimate of drug-likeness (QED) is 0.858. The third kappa shape index (κ3) is 2.16. The molecule has 2 aliphatic rings. The van der Waals surface area contributed by atoms with E-state index in [1.54, 1.807) is 0 Å². The van der Waals surface area contributed by atoms with Gasteiger partial charge in [0, 0.05) is 22.9 Å². The van der Waals surface area contributed by atoms with Gasteiger partial charge in [-0.25, -0.2) is 0 Å². The van der Waals surface area contributed by atoms with Gasteiger partial charge in [0.05, 0.1) is 0 Å². The molecule has 2 unspecified atom stereocenters. The van der Waals surface area contributed by atoms with Crippen molar-refractivity contribution in [2.75, 3.05) is 0 Å². The topological polar surface area (TPSA) is 29.1 Å². The minimum absolute atomic E-state index is 0.0739. The summed E-state index contributed by atoms with van der Waals surface area (Å²) in [6.07, 6.45) is 3.05. The van der Waals surface area contributed by atoms with E-state index >= 15 is 0 Å². The maximum atomic E-state index is 13.6. The van der Waals surface area contributed by atoms with E-state index < -0.39 is 0 Å². The van der Waals surface area contributed by atoms with E-state index in [-0.39, 0.29) is 22.9 Å². The number of piperidine rings is 1. The summed E-state index contributed by atoms with van der Waals surface area (Å²) in [6.45, 7) is 4.33. The third-order valence-corrected chi connectivity index (χ3v) is 6.30. The van der Waals surface area contributed by atoms with Crippen LogP contribution >= 0.6 is 0 Å². The van der Waals surface area contributed by atoms with Crippen LogP contribution in [0.1, 0.15) is 56.3 Å². The van der Waals surface area contributed by atoms with Crippen LogP contribution in [0, 0.1) is 10.8 Å². The van der Waals surface area contributed by atoms with Crippen molar-refractivity contribution in [2.24, 2.45) is 10.8 Å². The molecule has 1 saturated heterocycles. The zero-order valence-electron chi connectivity index (χ0n) is 14.5. The number of hydrogen-bond acceptors (Lipinski definition) is 2. The third-order valence-electron chi connectivity index (χ3n) is 6.30. The van der Waals surface area contributed by atoms with Gasteiger partial charge in [-0.3, -0.25) is 4.79 Å². The Bertz CT molecular complexity index is 680. The highest BCUT2D eigenvalue weighted by molar-refractivity contribution is 5.93. The zero-order chi connectivity index (χ0) is 16.8. The van der Waals surface area contributed by atoms with E-state index in [4.69, 9.17) is 0 Å². The van der Waals surface area contributed by atoms with Gasteiger partial charge in [0.1, 0.15) is 5.78 Å². The van der Waals surface area contributed by atoms with Crippen molar-refractivity contribution in [2.45, 2.75) is 45.2 Å². The van der Waals surface area contributed by atoms with E-state index in [1.165, 1.54) is 11.1 Å². The van der Waals surface area contributed by atoms with Gasteiger partial charge >= 0.3 is 0 Å². The van der Waals surface area contributed by atoms with Crippen molar-refractivity contribution < 1.29 is 4.79 Å². The van der Waals surface area contributed by atoms with E-state index in [2.05, 4.69) is 67.7 Å². The van der Waals surface area contributed by atoms with Crippen LogP contribution in [0.25, 0.3) is 0 Å². The molecule has 2 nitrogen and oxygen atoms in total. The highest BCUT2D eigenvalue weighted by Crippen LogP contribution is 2.58. The Morgan fingerprint density at radius 2 is 1.21 bits per heavy atom. The lowest BCUT2D eigenvalue weighted by Gasteiger charge is -2.56. The van der Waals surface area contributed by atoms with Crippen molar-refractivity contribution in [3.63, 3.8) is 0 Å². The van der Waals surface area contributed by atoms with Gasteiger partial charge in [-0.2, -0.15) is 0 Å². The molecule has 0 amide bonds. The number of benzene rings is 2. The zero-order valence-corrected chi connectivity index (χ0v) is 14.5. The molecule has 2 heteroatoms. The number of rotatable bonds is 2. The summed E-state index contributed by atoms with van der Waals surface area (Å²) in [7, 11) is 0. The molecule has 124 valence electrons. The molecule has 2 bridgehead atoms. The average molecular weight is 319 g/mol. The molecule has 24 heavy (non-hydrogen) atoms. The molecule has 1 aliphatic carbocycles. The van der Waals surface area contributed by atoms with Crippen molar-refractivity contribution in [3.05, 3.63) is 71.8 Å². The number of Topliss-reactive ketones (excluding diaryl/α,β-unsaturated/α-hetero) is 1. The van der Waals surface area contributed by atoms with Gasteiger partial charge in [0.2, 0.25) is 0 Å². The molecule has 2 aromatic carbocycles. The molecule has 0 spiro atoms. The summed E-state index contributed by atoms with van der Waals surface area (Å²) in [4.78, 5) is 13.6. The number of ketones is 1. The summed E-state index contributed by atoms with van der Waals surface area (Å²) < 4.78 is 0. The van der Waals surface area contributed by atoms with Crippen LogP contribution in [0.4, 0.5) is 0 Å². The van der Waals surface area contributed by atoms with Crippen LogP contribution in [0.5, 0.6) is 0 Å². The molecular formula is C22H25NO. The molecule has 2 fully saturated rings. The SMILES string of the molecule is CC12CCCC(C)(C1=O)[C@H](c1ccccc1)N[C@@H]2c1ccccc1. The average Bonchev–Trinajstić information content (AvgIpc) is 2.60. The summed E-state index contributed by atoms with van der Waals surface area (Å²) in [6, 6.07) is 21.1. The molecule has 1 N–H and O–H groups in total. The first-order chi connectivity index (χ1) is 11.6. The van der Waals surface area contributed by atoms with Crippen LogP contribution < -0.4 is 5.32 Å². The minimum atomic E-state index is -0.320. The van der Waals surface area contributed by atoms with Crippen LogP contribution in [-0.4, -0.2) is 5.78 Å². The molecule has 1 aliphatic heterocycles. The molecule has 1 saturated carbocycles. The predicted octanol–water partition coefficient (Wildman–Crippen LogP) is 4.84. The van der Waals surface area contributed by atoms with Crippen molar-refractivity contribution in [3.8, 4) is 0 Å². The normalized spacial score (nSPS) is 35.7. The lowest BCUT2D eigenvalue weighted by atomic mass is 9.52. The van der Waals surface area contributed by atoms with Gasteiger partial charge in [-0.05, 0) is 24.0 Å². The number of nitrogens with one attached hydrogen (secondary N) is 1. The molecule has 0 radical (unpaired) electrons. The van der Waals surface area contributed by atoms with E-state index in [9.17, 15) is 4.79 Å². The summed E-state index contributed by atoms with van der Waals surface area (Å²) >= 11 is 0. The summed E-state index contributed by atoms with van der Waals surface area (Å²) in [5.74, 6) is 0.433. The van der Waals surface area contributed by atoms with E-state index in [0.29, 0.717) is 5.78 Å². The van der Waals surface area contributed by atoms with Gasteiger partial charge in [0.15, 0.2) is 0 Å². The molecule has 0 aromatic heterocycles. The number of carbonyl (C=O) groups excluding carboxylic acids is 1. The Balaban J connectivity index is 1.84.